The van der Waals surface area contributed by atoms with Gasteiger partial charge in [-0.25, -0.2) is 4.98 Å². The van der Waals surface area contributed by atoms with E-state index in [0.29, 0.717) is 0 Å². The van der Waals surface area contributed by atoms with Crippen LogP contribution in [0.2, 0.25) is 0 Å². The molecule has 16 heavy (non-hydrogen) atoms. The molecular weight excluding hydrogens is 206 g/mol. The number of carbonyl (C=O) groups excluding carboxylic acids is 1. The Kier molecular flexibility index (Phi) is 3.62. The Labute approximate surface area is 93.1 Å². The van der Waals surface area contributed by atoms with Gasteiger partial charge < -0.3 is 9.88 Å². The Morgan fingerprint density at radius 1 is 1.56 bits per heavy atom. The predicted molar refractivity (Wildman–Crippen MR) is 54.9 cm³/mol. The van der Waals surface area contributed by atoms with E-state index < -0.39 is 0 Å². The van der Waals surface area contributed by atoms with Gasteiger partial charge in [0.15, 0.2) is 11.4 Å². The first-order chi connectivity index (χ1) is 7.58. The van der Waals surface area contributed by atoms with E-state index in [0.717, 1.165) is 0 Å². The first-order valence-electron chi connectivity index (χ1n) is 4.73. The van der Waals surface area contributed by atoms with Crippen LogP contribution in [0.15, 0.2) is 6.33 Å². The lowest BCUT2D eigenvalue weighted by molar-refractivity contribution is -0.122. The molecule has 0 aromatic carbocycles. The molecule has 82 valence electrons. The lowest BCUT2D eigenvalue weighted by atomic mass is 10.3. The Morgan fingerprint density at radius 2 is 2.25 bits per heavy atom. The molecule has 0 saturated carbocycles. The number of nitrogens with zero attached hydrogens (tertiary/aromatic N) is 4. The molecule has 0 saturated heterocycles. The molecule has 0 unspecified atom stereocenters. The van der Waals surface area contributed by atoms with Crippen LogP contribution in [0, 0.1) is 22.7 Å². The third kappa shape index (κ3) is 2.58. The van der Waals surface area contributed by atoms with Crippen molar-refractivity contribution in [3.63, 3.8) is 0 Å². The lowest BCUT2D eigenvalue weighted by Crippen LogP contribution is -2.33. The number of carbonyl (C=O) groups is 1. The summed E-state index contributed by atoms with van der Waals surface area (Å²) in [4.78, 5) is 15.2. The van der Waals surface area contributed by atoms with Crippen LogP contribution in [-0.4, -0.2) is 21.5 Å². The molecule has 0 fully saturated rings. The van der Waals surface area contributed by atoms with Crippen LogP contribution in [0.1, 0.15) is 25.2 Å². The smallest absolute Gasteiger partial charge is 0.240 e. The summed E-state index contributed by atoms with van der Waals surface area (Å²) in [6.07, 6.45) is 1.32. The zero-order valence-electron chi connectivity index (χ0n) is 9.06. The van der Waals surface area contributed by atoms with E-state index in [-0.39, 0.29) is 29.9 Å². The van der Waals surface area contributed by atoms with Gasteiger partial charge in [-0.1, -0.05) is 0 Å². The van der Waals surface area contributed by atoms with Crippen molar-refractivity contribution in [1.82, 2.24) is 14.9 Å². The summed E-state index contributed by atoms with van der Waals surface area (Å²) in [5.74, 6) is -0.214. The van der Waals surface area contributed by atoms with Crippen LogP contribution < -0.4 is 5.32 Å². The summed E-state index contributed by atoms with van der Waals surface area (Å²) < 4.78 is 1.36. The van der Waals surface area contributed by atoms with Crippen LogP contribution in [0.25, 0.3) is 0 Å². The maximum Gasteiger partial charge on any atom is 0.240 e. The van der Waals surface area contributed by atoms with Crippen LogP contribution in [0.3, 0.4) is 0 Å². The Hall–Kier alpha value is -2.34. The van der Waals surface area contributed by atoms with Crippen molar-refractivity contribution < 1.29 is 4.79 Å². The summed E-state index contributed by atoms with van der Waals surface area (Å²) in [5.41, 5.74) is 0.154. The molecule has 6 heteroatoms. The molecule has 0 atom stereocenters. The van der Waals surface area contributed by atoms with Crippen molar-refractivity contribution in [2.24, 2.45) is 0 Å². The SMILES string of the molecule is CC(C)NC(=O)Cn1cnc(C#N)c1C#N. The Bertz CT molecular complexity index is 474. The fraction of sp³-hybridized carbons (Fsp3) is 0.400. The molecule has 0 radical (unpaired) electrons. The van der Waals surface area contributed by atoms with Crippen molar-refractivity contribution in [3.8, 4) is 12.1 Å². The van der Waals surface area contributed by atoms with E-state index in [1.165, 1.54) is 10.9 Å². The predicted octanol–water partition coefficient (Wildman–Crippen LogP) is 0.151. The maximum absolute atomic E-state index is 11.4. The van der Waals surface area contributed by atoms with Crippen LogP contribution in [0.5, 0.6) is 0 Å². The maximum atomic E-state index is 11.4. The van der Waals surface area contributed by atoms with Crippen LogP contribution in [0.4, 0.5) is 0 Å². The minimum absolute atomic E-state index is 0.00421. The third-order valence-electron chi connectivity index (χ3n) is 1.81. The summed E-state index contributed by atoms with van der Waals surface area (Å²) in [6.45, 7) is 3.69. The zero-order chi connectivity index (χ0) is 12.1. The quantitative estimate of drug-likeness (QED) is 0.779. The van der Waals surface area contributed by atoms with Gasteiger partial charge in [0.25, 0.3) is 0 Å². The van der Waals surface area contributed by atoms with Crippen molar-refractivity contribution in [2.45, 2.75) is 26.4 Å². The van der Waals surface area contributed by atoms with Crippen molar-refractivity contribution in [2.75, 3.05) is 0 Å². The highest BCUT2D eigenvalue weighted by molar-refractivity contribution is 5.76. The highest BCUT2D eigenvalue weighted by Gasteiger charge is 2.12. The highest BCUT2D eigenvalue weighted by atomic mass is 16.2. The highest BCUT2D eigenvalue weighted by Crippen LogP contribution is 2.04. The second-order valence-corrected chi connectivity index (χ2v) is 3.52. The molecule has 0 aliphatic heterocycles. The topological polar surface area (TPSA) is 94.5 Å². The molecule has 6 nitrogen and oxygen atoms in total. The normalized spacial score (nSPS) is 9.56. The van der Waals surface area contributed by atoms with Gasteiger partial charge >= 0.3 is 0 Å². The van der Waals surface area contributed by atoms with Crippen molar-refractivity contribution in [3.05, 3.63) is 17.7 Å². The van der Waals surface area contributed by atoms with Crippen molar-refractivity contribution >= 4 is 5.91 Å². The molecule has 1 amide bonds. The monoisotopic (exact) mass is 217 g/mol. The molecule has 0 bridgehead atoms. The summed E-state index contributed by atoms with van der Waals surface area (Å²) in [5, 5.41) is 20.2. The molecule has 0 aliphatic rings. The number of imidazole rings is 1. The second-order valence-electron chi connectivity index (χ2n) is 3.52. The Morgan fingerprint density at radius 3 is 2.75 bits per heavy atom. The molecule has 1 heterocycles. The Balaban J connectivity index is 2.84. The van der Waals surface area contributed by atoms with Gasteiger partial charge in [-0.3, -0.25) is 4.79 Å². The van der Waals surface area contributed by atoms with E-state index in [1.54, 1.807) is 6.07 Å². The number of nitriles is 2. The number of amides is 1. The van der Waals surface area contributed by atoms with Gasteiger partial charge in [-0.15, -0.1) is 0 Å². The molecule has 1 aromatic heterocycles. The zero-order valence-corrected chi connectivity index (χ0v) is 9.06. The van der Waals surface area contributed by atoms with E-state index in [9.17, 15) is 4.79 Å². The average Bonchev–Trinajstić information content (AvgIpc) is 2.58. The molecule has 1 rings (SSSR count). The third-order valence-corrected chi connectivity index (χ3v) is 1.81. The van der Waals surface area contributed by atoms with Crippen molar-refractivity contribution in [1.29, 1.82) is 10.5 Å². The van der Waals surface area contributed by atoms with E-state index in [1.807, 2.05) is 19.9 Å². The summed E-state index contributed by atoms with van der Waals surface area (Å²) >= 11 is 0. The molecular formula is C10H11N5O. The standard InChI is InChI=1S/C10H11N5O/c1-7(2)14-10(16)5-15-6-13-8(3-11)9(15)4-12/h6-7H,5H2,1-2H3,(H,14,16). The van der Waals surface area contributed by atoms with Gasteiger partial charge in [0.1, 0.15) is 18.7 Å². The number of rotatable bonds is 3. The number of aromatic nitrogens is 2. The van der Waals surface area contributed by atoms with E-state index in [4.69, 9.17) is 10.5 Å². The molecule has 0 spiro atoms. The lowest BCUT2D eigenvalue weighted by Gasteiger charge is -2.08. The fourth-order valence-electron chi connectivity index (χ4n) is 1.22. The number of hydrogen-bond acceptors (Lipinski definition) is 4. The van der Waals surface area contributed by atoms with Crippen LogP contribution in [-0.2, 0) is 11.3 Å². The molecule has 1 aromatic rings. The van der Waals surface area contributed by atoms with E-state index >= 15 is 0 Å². The van der Waals surface area contributed by atoms with Gasteiger partial charge in [0, 0.05) is 6.04 Å². The average molecular weight is 217 g/mol. The van der Waals surface area contributed by atoms with Crippen LogP contribution >= 0.6 is 0 Å². The van der Waals surface area contributed by atoms with Gasteiger partial charge in [0.2, 0.25) is 5.91 Å². The van der Waals surface area contributed by atoms with E-state index in [2.05, 4.69) is 10.3 Å². The summed E-state index contributed by atoms with van der Waals surface area (Å²) in [7, 11) is 0. The number of nitrogens with one attached hydrogen (secondary N) is 1. The summed E-state index contributed by atoms with van der Waals surface area (Å²) in [6, 6.07) is 3.69. The molecule has 0 aliphatic carbocycles. The second kappa shape index (κ2) is 4.94. The molecule has 1 N–H and O–H groups in total. The minimum Gasteiger partial charge on any atom is -0.352 e. The minimum atomic E-state index is -0.214. The van der Waals surface area contributed by atoms with Gasteiger partial charge in [-0.05, 0) is 13.8 Å². The number of hydrogen-bond donors (Lipinski definition) is 1. The first-order valence-corrected chi connectivity index (χ1v) is 4.73. The van der Waals surface area contributed by atoms with Gasteiger partial charge in [-0.2, -0.15) is 10.5 Å². The first kappa shape index (κ1) is 11.7. The van der Waals surface area contributed by atoms with Gasteiger partial charge in [0.05, 0.1) is 6.33 Å². The largest absolute Gasteiger partial charge is 0.352 e. The fourth-order valence-corrected chi connectivity index (χ4v) is 1.22.